The van der Waals surface area contributed by atoms with Crippen LogP contribution in [0, 0.1) is 17.8 Å². The number of amides is 2. The van der Waals surface area contributed by atoms with Crippen molar-refractivity contribution in [1.82, 2.24) is 10.6 Å². The fourth-order valence-corrected chi connectivity index (χ4v) is 2.86. The fraction of sp³-hybridized carbons (Fsp3) is 0.824. The van der Waals surface area contributed by atoms with Crippen LogP contribution in [0.1, 0.15) is 53.4 Å². The molecule has 0 aromatic heterocycles. The molecule has 6 nitrogen and oxygen atoms in total. The number of carbonyl (C=O) groups excluding carboxylic acids is 3. The molecule has 2 unspecified atom stereocenters. The Hall–Kier alpha value is -1.59. The summed E-state index contributed by atoms with van der Waals surface area (Å²) in [7, 11) is 1.30. The summed E-state index contributed by atoms with van der Waals surface area (Å²) in [5, 5.41) is 5.57. The van der Waals surface area contributed by atoms with Crippen LogP contribution in [0.15, 0.2) is 0 Å². The number of carbonyl (C=O) groups is 3. The Labute approximate surface area is 138 Å². The van der Waals surface area contributed by atoms with Crippen molar-refractivity contribution in [3.8, 4) is 0 Å². The fourth-order valence-electron chi connectivity index (χ4n) is 2.86. The van der Waals surface area contributed by atoms with E-state index in [0.29, 0.717) is 0 Å². The van der Waals surface area contributed by atoms with Crippen molar-refractivity contribution in [2.75, 3.05) is 7.11 Å². The van der Waals surface area contributed by atoms with Crippen molar-refractivity contribution in [2.45, 2.75) is 65.5 Å². The van der Waals surface area contributed by atoms with Crippen LogP contribution in [-0.4, -0.2) is 37.0 Å². The highest BCUT2D eigenvalue weighted by atomic mass is 16.5. The van der Waals surface area contributed by atoms with Crippen LogP contribution in [0.4, 0.5) is 0 Å². The van der Waals surface area contributed by atoms with Gasteiger partial charge in [0, 0.05) is 5.92 Å². The average molecular weight is 326 g/mol. The van der Waals surface area contributed by atoms with E-state index in [2.05, 4.69) is 10.6 Å². The molecule has 2 N–H and O–H groups in total. The van der Waals surface area contributed by atoms with Gasteiger partial charge in [-0.1, -0.05) is 40.5 Å². The first-order valence-corrected chi connectivity index (χ1v) is 8.46. The van der Waals surface area contributed by atoms with Gasteiger partial charge in [-0.05, 0) is 24.7 Å². The third-order valence-electron chi connectivity index (χ3n) is 4.39. The normalized spacial score (nSPS) is 17.9. The largest absolute Gasteiger partial charge is 0.467 e. The molecule has 0 saturated heterocycles. The van der Waals surface area contributed by atoms with Gasteiger partial charge in [-0.2, -0.15) is 0 Å². The Bertz CT molecular complexity index is 428. The minimum atomic E-state index is -0.711. The average Bonchev–Trinajstić information content (AvgIpc) is 3.02. The van der Waals surface area contributed by atoms with Crippen LogP contribution in [0.25, 0.3) is 0 Å². The van der Waals surface area contributed by atoms with Gasteiger partial charge in [-0.3, -0.25) is 9.59 Å². The molecule has 0 spiro atoms. The molecule has 2 atom stereocenters. The monoisotopic (exact) mass is 326 g/mol. The Kier molecular flexibility index (Phi) is 7.52. The molecule has 1 aliphatic rings. The SMILES string of the molecule is COC(=O)C(NC(=O)C(NC(=O)C1CCCC1)C(C)C)C(C)C. The molecule has 132 valence electrons. The van der Waals surface area contributed by atoms with Crippen molar-refractivity contribution in [3.63, 3.8) is 0 Å². The van der Waals surface area contributed by atoms with Crippen molar-refractivity contribution in [2.24, 2.45) is 17.8 Å². The number of hydrogen-bond donors (Lipinski definition) is 2. The van der Waals surface area contributed by atoms with Crippen LogP contribution in [-0.2, 0) is 19.1 Å². The maximum atomic E-state index is 12.5. The van der Waals surface area contributed by atoms with E-state index in [9.17, 15) is 14.4 Å². The van der Waals surface area contributed by atoms with Gasteiger partial charge in [0.15, 0.2) is 0 Å². The van der Waals surface area contributed by atoms with E-state index < -0.39 is 18.1 Å². The van der Waals surface area contributed by atoms with Crippen molar-refractivity contribution >= 4 is 17.8 Å². The number of nitrogens with one attached hydrogen (secondary N) is 2. The molecule has 0 aromatic rings. The molecule has 0 bridgehead atoms. The number of hydrogen-bond acceptors (Lipinski definition) is 4. The standard InChI is InChI=1S/C17H30N2O4/c1-10(2)13(18-15(20)12-8-6-7-9-12)16(21)19-14(11(3)4)17(22)23-5/h10-14H,6-9H2,1-5H3,(H,18,20)(H,19,21). The maximum absolute atomic E-state index is 12.5. The summed E-state index contributed by atoms with van der Waals surface area (Å²) < 4.78 is 4.74. The number of ether oxygens (including phenoxy) is 1. The zero-order valence-corrected chi connectivity index (χ0v) is 14.8. The van der Waals surface area contributed by atoms with Gasteiger partial charge in [-0.25, -0.2) is 4.79 Å². The third kappa shape index (κ3) is 5.52. The van der Waals surface area contributed by atoms with E-state index >= 15 is 0 Å². The minimum absolute atomic E-state index is 0.00514. The predicted molar refractivity (Wildman–Crippen MR) is 87.5 cm³/mol. The van der Waals surface area contributed by atoms with Crippen molar-refractivity contribution in [1.29, 1.82) is 0 Å². The summed E-state index contributed by atoms with van der Waals surface area (Å²) in [5.74, 6) is -1.02. The molecule has 1 rings (SSSR count). The van der Waals surface area contributed by atoms with Gasteiger partial charge in [0.05, 0.1) is 7.11 Å². The van der Waals surface area contributed by atoms with E-state index in [-0.39, 0.29) is 29.6 Å². The Morgan fingerprint density at radius 1 is 0.913 bits per heavy atom. The van der Waals surface area contributed by atoms with Crippen molar-refractivity contribution < 1.29 is 19.1 Å². The highest BCUT2D eigenvalue weighted by Crippen LogP contribution is 2.25. The zero-order valence-electron chi connectivity index (χ0n) is 14.8. The highest BCUT2D eigenvalue weighted by Gasteiger charge is 2.32. The molecule has 6 heteroatoms. The van der Waals surface area contributed by atoms with Crippen LogP contribution in [0.2, 0.25) is 0 Å². The Morgan fingerprint density at radius 2 is 1.43 bits per heavy atom. The first-order chi connectivity index (χ1) is 10.8. The summed E-state index contributed by atoms with van der Waals surface area (Å²) in [6.45, 7) is 7.43. The molecule has 2 amide bonds. The Morgan fingerprint density at radius 3 is 1.87 bits per heavy atom. The second-order valence-electron chi connectivity index (χ2n) is 6.97. The highest BCUT2D eigenvalue weighted by molar-refractivity contribution is 5.91. The van der Waals surface area contributed by atoms with E-state index in [1.807, 2.05) is 27.7 Å². The molecular formula is C17H30N2O4. The third-order valence-corrected chi connectivity index (χ3v) is 4.39. The predicted octanol–water partition coefficient (Wildman–Crippen LogP) is 1.63. The summed E-state index contributed by atoms with van der Waals surface area (Å²) in [4.78, 5) is 36.6. The molecule has 23 heavy (non-hydrogen) atoms. The molecule has 0 heterocycles. The van der Waals surface area contributed by atoms with E-state index in [1.165, 1.54) is 7.11 Å². The lowest BCUT2D eigenvalue weighted by atomic mass is 9.99. The molecule has 1 aliphatic carbocycles. The smallest absolute Gasteiger partial charge is 0.328 e. The summed E-state index contributed by atoms with van der Waals surface area (Å²) in [6.07, 6.45) is 3.90. The number of esters is 1. The van der Waals surface area contributed by atoms with Gasteiger partial charge in [-0.15, -0.1) is 0 Å². The van der Waals surface area contributed by atoms with Crippen molar-refractivity contribution in [3.05, 3.63) is 0 Å². The first-order valence-electron chi connectivity index (χ1n) is 8.46. The van der Waals surface area contributed by atoms with Gasteiger partial charge < -0.3 is 15.4 Å². The minimum Gasteiger partial charge on any atom is -0.467 e. The van der Waals surface area contributed by atoms with E-state index in [0.717, 1.165) is 25.7 Å². The molecule has 0 aliphatic heterocycles. The zero-order chi connectivity index (χ0) is 17.6. The lowest BCUT2D eigenvalue weighted by Gasteiger charge is -2.27. The molecule has 0 aromatic carbocycles. The van der Waals surface area contributed by atoms with Gasteiger partial charge >= 0.3 is 5.97 Å². The number of methoxy groups -OCH3 is 1. The second kappa shape index (κ2) is 8.89. The quantitative estimate of drug-likeness (QED) is 0.697. The lowest BCUT2D eigenvalue weighted by molar-refractivity contribution is -0.146. The van der Waals surface area contributed by atoms with Crippen LogP contribution < -0.4 is 10.6 Å². The summed E-state index contributed by atoms with van der Waals surface area (Å²) >= 11 is 0. The number of rotatable bonds is 7. The van der Waals surface area contributed by atoms with E-state index in [4.69, 9.17) is 4.74 Å². The molecule has 0 radical (unpaired) electrons. The Balaban J connectivity index is 2.73. The molecule has 1 saturated carbocycles. The second-order valence-corrected chi connectivity index (χ2v) is 6.97. The van der Waals surface area contributed by atoms with Crippen LogP contribution in [0.3, 0.4) is 0 Å². The molecule has 1 fully saturated rings. The topological polar surface area (TPSA) is 84.5 Å². The summed E-state index contributed by atoms with van der Waals surface area (Å²) in [5.41, 5.74) is 0. The maximum Gasteiger partial charge on any atom is 0.328 e. The van der Waals surface area contributed by atoms with Gasteiger partial charge in [0.25, 0.3) is 0 Å². The van der Waals surface area contributed by atoms with E-state index in [1.54, 1.807) is 0 Å². The van der Waals surface area contributed by atoms with Crippen LogP contribution >= 0.6 is 0 Å². The van der Waals surface area contributed by atoms with Gasteiger partial charge in [0.1, 0.15) is 12.1 Å². The first kappa shape index (κ1) is 19.5. The molecular weight excluding hydrogens is 296 g/mol. The van der Waals surface area contributed by atoms with Crippen LogP contribution in [0.5, 0.6) is 0 Å². The lowest BCUT2D eigenvalue weighted by Crippen LogP contribution is -2.55. The van der Waals surface area contributed by atoms with Gasteiger partial charge in [0.2, 0.25) is 11.8 Å². The summed E-state index contributed by atoms with van der Waals surface area (Å²) in [6, 6.07) is -1.36.